The van der Waals surface area contributed by atoms with Gasteiger partial charge in [0.25, 0.3) is 0 Å². The van der Waals surface area contributed by atoms with E-state index >= 15 is 0 Å². The molecule has 2 N–H and O–H groups in total. The lowest BCUT2D eigenvalue weighted by atomic mass is 10.1. The highest BCUT2D eigenvalue weighted by Gasteiger charge is 2.25. The van der Waals surface area contributed by atoms with E-state index in [0.29, 0.717) is 16.2 Å². The maximum absolute atomic E-state index is 14.2. The topological polar surface area (TPSA) is 86.7 Å². The highest BCUT2D eigenvalue weighted by Crippen LogP contribution is 2.35. The van der Waals surface area contributed by atoms with Crippen LogP contribution in [0.5, 0.6) is 0 Å². The van der Waals surface area contributed by atoms with Gasteiger partial charge in [-0.1, -0.05) is 64.1 Å². The lowest BCUT2D eigenvalue weighted by Gasteiger charge is -2.14. The molecule has 0 spiro atoms. The summed E-state index contributed by atoms with van der Waals surface area (Å²) in [6.45, 7) is 0.435. The molecular formula is C16H13BrFN5OS. The van der Waals surface area contributed by atoms with Crippen LogP contribution in [-0.4, -0.2) is 26.1 Å². The van der Waals surface area contributed by atoms with E-state index in [1.807, 2.05) is 30.3 Å². The van der Waals surface area contributed by atoms with Crippen molar-refractivity contribution in [3.63, 3.8) is 0 Å². The first-order valence-electron chi connectivity index (χ1n) is 7.25. The van der Waals surface area contributed by atoms with E-state index in [0.717, 1.165) is 17.3 Å². The minimum Gasteiger partial charge on any atom is -0.368 e. The summed E-state index contributed by atoms with van der Waals surface area (Å²) in [6.07, 6.45) is 0. The summed E-state index contributed by atoms with van der Waals surface area (Å²) >= 11 is 4.21. The molecule has 0 radical (unpaired) electrons. The van der Waals surface area contributed by atoms with Crippen molar-refractivity contribution < 1.29 is 9.18 Å². The Morgan fingerprint density at radius 3 is 2.72 bits per heavy atom. The van der Waals surface area contributed by atoms with Crippen LogP contribution in [0.25, 0.3) is 0 Å². The van der Waals surface area contributed by atoms with Crippen molar-refractivity contribution in [2.24, 2.45) is 5.73 Å². The fourth-order valence-corrected chi connectivity index (χ4v) is 3.52. The van der Waals surface area contributed by atoms with Crippen LogP contribution in [0.1, 0.15) is 16.4 Å². The minimum absolute atomic E-state index is 0.190. The van der Waals surface area contributed by atoms with Gasteiger partial charge in [0.1, 0.15) is 11.1 Å². The van der Waals surface area contributed by atoms with E-state index < -0.39 is 17.0 Å². The summed E-state index contributed by atoms with van der Waals surface area (Å²) in [7, 11) is 0. The van der Waals surface area contributed by atoms with Crippen molar-refractivity contribution in [1.29, 1.82) is 0 Å². The molecule has 1 heterocycles. The Morgan fingerprint density at radius 2 is 2.04 bits per heavy atom. The van der Waals surface area contributed by atoms with Gasteiger partial charge in [-0.25, -0.2) is 9.07 Å². The molecule has 9 heteroatoms. The standard InChI is InChI=1S/C16H13BrFN5OS/c17-11-6-7-12(13(18)8-11)14(15(19)24)25-16-20-21-22-23(16)9-10-4-2-1-3-5-10/h1-8,14H,9H2,(H2,19,24)/t14-/m1/s1. The van der Waals surface area contributed by atoms with Gasteiger partial charge in [0.2, 0.25) is 11.1 Å². The zero-order chi connectivity index (χ0) is 17.8. The van der Waals surface area contributed by atoms with Gasteiger partial charge in [0, 0.05) is 10.0 Å². The summed E-state index contributed by atoms with van der Waals surface area (Å²) in [4.78, 5) is 11.9. The number of carbonyl (C=O) groups is 1. The van der Waals surface area contributed by atoms with Crippen LogP contribution in [0.3, 0.4) is 0 Å². The Bertz CT molecular complexity index is 889. The summed E-state index contributed by atoms with van der Waals surface area (Å²) in [5, 5.41) is 11.0. The molecule has 1 atom stereocenters. The second-order valence-corrected chi connectivity index (χ2v) is 7.16. The number of hydrogen-bond donors (Lipinski definition) is 1. The van der Waals surface area contributed by atoms with Crippen molar-refractivity contribution >= 4 is 33.6 Å². The van der Waals surface area contributed by atoms with E-state index in [9.17, 15) is 9.18 Å². The number of amides is 1. The number of rotatable bonds is 6. The molecule has 0 aliphatic carbocycles. The van der Waals surface area contributed by atoms with Crippen LogP contribution < -0.4 is 5.73 Å². The van der Waals surface area contributed by atoms with Gasteiger partial charge in [-0.15, -0.1) is 5.10 Å². The van der Waals surface area contributed by atoms with Crippen molar-refractivity contribution in [3.05, 3.63) is 69.9 Å². The normalized spacial score (nSPS) is 12.1. The molecule has 3 rings (SSSR count). The molecule has 0 saturated heterocycles. The lowest BCUT2D eigenvalue weighted by Crippen LogP contribution is -2.20. The van der Waals surface area contributed by atoms with Crippen LogP contribution in [-0.2, 0) is 11.3 Å². The van der Waals surface area contributed by atoms with E-state index in [-0.39, 0.29) is 5.56 Å². The lowest BCUT2D eigenvalue weighted by molar-refractivity contribution is -0.117. The number of nitrogens with two attached hydrogens (primary N) is 1. The number of aromatic nitrogens is 4. The first-order chi connectivity index (χ1) is 12.0. The van der Waals surface area contributed by atoms with Crippen LogP contribution >= 0.6 is 27.7 Å². The number of nitrogens with zero attached hydrogens (tertiary/aromatic N) is 4. The van der Waals surface area contributed by atoms with Crippen molar-refractivity contribution in [2.75, 3.05) is 0 Å². The molecular weight excluding hydrogens is 409 g/mol. The number of benzene rings is 2. The minimum atomic E-state index is -0.936. The Kier molecular flexibility index (Phi) is 5.44. The molecule has 0 bridgehead atoms. The predicted molar refractivity (Wildman–Crippen MR) is 95.3 cm³/mol. The van der Waals surface area contributed by atoms with Gasteiger partial charge in [0.15, 0.2) is 0 Å². The smallest absolute Gasteiger partial charge is 0.235 e. The summed E-state index contributed by atoms with van der Waals surface area (Å²) in [5.74, 6) is -1.19. The van der Waals surface area contributed by atoms with Crippen LogP contribution in [0, 0.1) is 5.82 Å². The molecule has 0 saturated carbocycles. The molecule has 3 aromatic rings. The van der Waals surface area contributed by atoms with Gasteiger partial charge < -0.3 is 5.73 Å². The maximum Gasteiger partial charge on any atom is 0.235 e. The molecule has 6 nitrogen and oxygen atoms in total. The fraction of sp³-hybridized carbons (Fsp3) is 0.125. The zero-order valence-electron chi connectivity index (χ0n) is 12.8. The SMILES string of the molecule is NC(=O)[C@H](Sc1nnnn1Cc1ccccc1)c1ccc(Br)cc1F. The number of hydrogen-bond acceptors (Lipinski definition) is 5. The Hall–Kier alpha value is -2.26. The molecule has 0 unspecified atom stereocenters. The Labute approximate surface area is 155 Å². The Morgan fingerprint density at radius 1 is 1.28 bits per heavy atom. The predicted octanol–water partition coefficient (Wildman–Crippen LogP) is 2.94. The summed E-state index contributed by atoms with van der Waals surface area (Å²) in [5.41, 5.74) is 6.67. The molecule has 0 aliphatic rings. The van der Waals surface area contributed by atoms with Gasteiger partial charge in [-0.3, -0.25) is 4.79 Å². The molecule has 0 aliphatic heterocycles. The molecule has 1 amide bonds. The number of primary amides is 1. The molecule has 0 fully saturated rings. The number of halogens is 2. The largest absolute Gasteiger partial charge is 0.368 e. The van der Waals surface area contributed by atoms with E-state index in [1.54, 1.807) is 10.7 Å². The van der Waals surface area contributed by atoms with Gasteiger partial charge in [0.05, 0.1) is 6.54 Å². The third-order valence-corrected chi connectivity index (χ3v) is 5.12. The number of thioether (sulfide) groups is 1. The summed E-state index contributed by atoms with van der Waals surface area (Å²) < 4.78 is 16.4. The van der Waals surface area contributed by atoms with Crippen molar-refractivity contribution in [3.8, 4) is 0 Å². The van der Waals surface area contributed by atoms with Crippen LogP contribution in [0.4, 0.5) is 4.39 Å². The Balaban J connectivity index is 1.87. The summed E-state index contributed by atoms with van der Waals surface area (Å²) in [6, 6.07) is 14.1. The quantitative estimate of drug-likeness (QED) is 0.618. The van der Waals surface area contributed by atoms with E-state index in [1.165, 1.54) is 12.1 Å². The molecule has 128 valence electrons. The van der Waals surface area contributed by atoms with E-state index in [2.05, 4.69) is 31.5 Å². The van der Waals surface area contributed by atoms with Crippen LogP contribution in [0.15, 0.2) is 58.2 Å². The zero-order valence-corrected chi connectivity index (χ0v) is 15.2. The molecule has 25 heavy (non-hydrogen) atoms. The van der Waals surface area contributed by atoms with Crippen molar-refractivity contribution in [2.45, 2.75) is 17.0 Å². The van der Waals surface area contributed by atoms with Crippen LogP contribution in [0.2, 0.25) is 0 Å². The third kappa shape index (κ3) is 4.23. The third-order valence-electron chi connectivity index (χ3n) is 3.40. The molecule has 2 aromatic carbocycles. The van der Waals surface area contributed by atoms with Gasteiger partial charge >= 0.3 is 0 Å². The number of carbonyl (C=O) groups excluding carboxylic acids is 1. The highest BCUT2D eigenvalue weighted by molar-refractivity contribution is 9.10. The first kappa shape index (κ1) is 17.6. The van der Waals surface area contributed by atoms with Gasteiger partial charge in [-0.05, 0) is 28.1 Å². The second kappa shape index (κ2) is 7.75. The molecule has 1 aromatic heterocycles. The highest BCUT2D eigenvalue weighted by atomic mass is 79.9. The average Bonchev–Trinajstić information content (AvgIpc) is 3.01. The van der Waals surface area contributed by atoms with E-state index in [4.69, 9.17) is 5.73 Å². The fourth-order valence-electron chi connectivity index (χ4n) is 2.23. The maximum atomic E-state index is 14.2. The average molecular weight is 422 g/mol. The van der Waals surface area contributed by atoms with Crippen molar-refractivity contribution in [1.82, 2.24) is 20.2 Å². The van der Waals surface area contributed by atoms with Gasteiger partial charge in [-0.2, -0.15) is 0 Å². The second-order valence-electron chi connectivity index (χ2n) is 5.17. The first-order valence-corrected chi connectivity index (χ1v) is 8.93. The monoisotopic (exact) mass is 421 g/mol. The number of tetrazole rings is 1.